The van der Waals surface area contributed by atoms with Crippen LogP contribution in [-0.2, 0) is 37.1 Å². The lowest BCUT2D eigenvalue weighted by Gasteiger charge is -2.30. The number of nitrogens with zero attached hydrogens (tertiary/aromatic N) is 3. The Morgan fingerprint density at radius 1 is 1.23 bits per heavy atom. The van der Waals surface area contributed by atoms with Gasteiger partial charge in [-0.2, -0.15) is 0 Å². The van der Waals surface area contributed by atoms with Crippen molar-refractivity contribution in [3.63, 3.8) is 0 Å². The van der Waals surface area contributed by atoms with Gasteiger partial charge in [-0.1, -0.05) is 43.0 Å². The molecule has 1 unspecified atom stereocenters. The van der Waals surface area contributed by atoms with Crippen molar-refractivity contribution in [3.8, 4) is 0 Å². The van der Waals surface area contributed by atoms with E-state index in [9.17, 15) is 9.59 Å². The summed E-state index contributed by atoms with van der Waals surface area (Å²) in [6.45, 7) is 6.04. The first-order valence-corrected chi connectivity index (χ1v) is 12.8. The number of rotatable bonds is 5. The lowest BCUT2D eigenvalue weighted by molar-refractivity contribution is -0.131. The van der Waals surface area contributed by atoms with Gasteiger partial charge in [0.15, 0.2) is 5.16 Å². The van der Waals surface area contributed by atoms with Gasteiger partial charge < -0.3 is 4.90 Å². The Hall–Kier alpha value is -2.12. The summed E-state index contributed by atoms with van der Waals surface area (Å²) in [7, 11) is 0. The third-order valence-electron chi connectivity index (χ3n) is 6.31. The molecule has 5 rings (SSSR count). The number of carbonyl (C=O) groups is 1. The predicted molar refractivity (Wildman–Crippen MR) is 127 cm³/mol. The van der Waals surface area contributed by atoms with E-state index in [0.29, 0.717) is 18.2 Å². The number of hydrogen-bond acceptors (Lipinski definition) is 5. The molecule has 0 spiro atoms. The predicted octanol–water partition coefficient (Wildman–Crippen LogP) is 4.42. The molecule has 1 aromatic carbocycles. The van der Waals surface area contributed by atoms with E-state index in [1.165, 1.54) is 33.3 Å². The van der Waals surface area contributed by atoms with Crippen LogP contribution in [0.5, 0.6) is 0 Å². The minimum absolute atomic E-state index is 0.0697. The second-order valence-electron chi connectivity index (χ2n) is 8.43. The standard InChI is InChI=1S/C24H27N3O2S2/c1-3-12-27-23(29)20-18-9-6-10-19(18)31-21(20)25-24(27)30-15(2)22(28)26-13-11-16-7-4-5-8-17(16)14-26/h4-5,7-8,15H,3,6,9-14H2,1-2H3. The minimum atomic E-state index is -0.287. The van der Waals surface area contributed by atoms with Crippen LogP contribution < -0.4 is 5.56 Å². The summed E-state index contributed by atoms with van der Waals surface area (Å²) in [5.74, 6) is 0.116. The lowest BCUT2D eigenvalue weighted by atomic mass is 10.00. The maximum atomic E-state index is 13.4. The Bertz CT molecular complexity index is 1210. The number of thioether (sulfide) groups is 1. The number of benzene rings is 1. The highest BCUT2D eigenvalue weighted by molar-refractivity contribution is 8.00. The molecule has 1 amide bonds. The summed E-state index contributed by atoms with van der Waals surface area (Å²) in [4.78, 5) is 35.6. The zero-order valence-corrected chi connectivity index (χ0v) is 19.7. The van der Waals surface area contributed by atoms with Crippen LogP contribution in [0.15, 0.2) is 34.2 Å². The minimum Gasteiger partial charge on any atom is -0.337 e. The molecule has 7 heteroatoms. The monoisotopic (exact) mass is 453 g/mol. The van der Waals surface area contributed by atoms with Crippen molar-refractivity contribution in [2.45, 2.75) is 69.4 Å². The molecule has 3 heterocycles. The molecule has 1 aliphatic carbocycles. The Labute approximate surface area is 190 Å². The summed E-state index contributed by atoms with van der Waals surface area (Å²) in [6, 6.07) is 8.35. The van der Waals surface area contributed by atoms with E-state index < -0.39 is 0 Å². The van der Waals surface area contributed by atoms with Crippen molar-refractivity contribution in [3.05, 3.63) is 56.2 Å². The Kier molecular flexibility index (Phi) is 5.65. The highest BCUT2D eigenvalue weighted by atomic mass is 32.2. The van der Waals surface area contributed by atoms with Gasteiger partial charge in [0.25, 0.3) is 5.56 Å². The van der Waals surface area contributed by atoms with Crippen LogP contribution in [0.25, 0.3) is 10.2 Å². The zero-order chi connectivity index (χ0) is 21.5. The molecule has 0 saturated heterocycles. The third kappa shape index (κ3) is 3.72. The smallest absolute Gasteiger partial charge is 0.263 e. The van der Waals surface area contributed by atoms with Crippen LogP contribution >= 0.6 is 23.1 Å². The first-order valence-electron chi connectivity index (χ1n) is 11.1. The molecule has 0 radical (unpaired) electrons. The highest BCUT2D eigenvalue weighted by Gasteiger charge is 2.28. The molecule has 5 nitrogen and oxygen atoms in total. The average Bonchev–Trinajstić information content (AvgIpc) is 3.36. The summed E-state index contributed by atoms with van der Waals surface area (Å²) >= 11 is 3.09. The average molecular weight is 454 g/mol. The second kappa shape index (κ2) is 8.43. The Balaban J connectivity index is 1.42. The molecule has 3 aromatic rings. The molecule has 1 atom stereocenters. The normalized spacial score (nSPS) is 16.4. The van der Waals surface area contributed by atoms with Gasteiger partial charge >= 0.3 is 0 Å². The Morgan fingerprint density at radius 2 is 2.03 bits per heavy atom. The van der Waals surface area contributed by atoms with Gasteiger partial charge in [-0.15, -0.1) is 11.3 Å². The van der Waals surface area contributed by atoms with Gasteiger partial charge in [0, 0.05) is 24.5 Å². The van der Waals surface area contributed by atoms with Crippen LogP contribution in [0.1, 0.15) is 48.3 Å². The molecule has 0 N–H and O–H groups in total. The van der Waals surface area contributed by atoms with Crippen molar-refractivity contribution >= 4 is 39.2 Å². The largest absolute Gasteiger partial charge is 0.337 e. The molecular weight excluding hydrogens is 426 g/mol. The molecule has 31 heavy (non-hydrogen) atoms. The van der Waals surface area contributed by atoms with E-state index in [1.807, 2.05) is 17.9 Å². The van der Waals surface area contributed by atoms with Crippen LogP contribution in [0, 0.1) is 0 Å². The van der Waals surface area contributed by atoms with Gasteiger partial charge in [-0.3, -0.25) is 14.2 Å². The summed E-state index contributed by atoms with van der Waals surface area (Å²) in [5, 5.41) is 1.21. The number of amides is 1. The first kappa shape index (κ1) is 20.8. The molecule has 2 aromatic heterocycles. The van der Waals surface area contributed by atoms with Crippen LogP contribution in [0.3, 0.4) is 0 Å². The van der Waals surface area contributed by atoms with Gasteiger partial charge in [-0.05, 0) is 55.7 Å². The quantitative estimate of drug-likeness (QED) is 0.424. The SMILES string of the molecule is CCCn1c(SC(C)C(=O)N2CCc3ccccc3C2)nc2sc3c(c2c1=O)CCC3. The van der Waals surface area contributed by atoms with Gasteiger partial charge in [0.2, 0.25) is 5.91 Å². The fraction of sp³-hybridized carbons (Fsp3) is 0.458. The molecule has 162 valence electrons. The van der Waals surface area contributed by atoms with E-state index in [4.69, 9.17) is 4.98 Å². The van der Waals surface area contributed by atoms with E-state index in [-0.39, 0.29) is 16.7 Å². The number of thiophene rings is 1. The lowest BCUT2D eigenvalue weighted by Crippen LogP contribution is -2.40. The van der Waals surface area contributed by atoms with E-state index in [1.54, 1.807) is 15.9 Å². The molecule has 2 aliphatic rings. The number of aryl methyl sites for hydroxylation is 2. The number of fused-ring (bicyclic) bond motifs is 4. The first-order chi connectivity index (χ1) is 15.1. The number of hydrogen-bond donors (Lipinski definition) is 0. The van der Waals surface area contributed by atoms with Crippen molar-refractivity contribution in [1.82, 2.24) is 14.5 Å². The topological polar surface area (TPSA) is 55.2 Å². The van der Waals surface area contributed by atoms with Crippen molar-refractivity contribution < 1.29 is 4.79 Å². The maximum Gasteiger partial charge on any atom is 0.263 e. The van der Waals surface area contributed by atoms with Crippen LogP contribution in [-0.4, -0.2) is 32.2 Å². The number of aromatic nitrogens is 2. The second-order valence-corrected chi connectivity index (χ2v) is 10.8. The van der Waals surface area contributed by atoms with Crippen LogP contribution in [0.4, 0.5) is 0 Å². The molecule has 0 bridgehead atoms. The summed E-state index contributed by atoms with van der Waals surface area (Å²) in [5.41, 5.74) is 3.85. The fourth-order valence-corrected chi connectivity index (χ4v) is 7.04. The van der Waals surface area contributed by atoms with Gasteiger partial charge in [0.05, 0.1) is 10.6 Å². The molecule has 1 aliphatic heterocycles. The number of carbonyl (C=O) groups excluding carboxylic acids is 1. The fourth-order valence-electron chi connectivity index (χ4n) is 4.72. The van der Waals surface area contributed by atoms with Gasteiger partial charge in [-0.25, -0.2) is 4.98 Å². The zero-order valence-electron chi connectivity index (χ0n) is 18.0. The summed E-state index contributed by atoms with van der Waals surface area (Å²) < 4.78 is 1.80. The van der Waals surface area contributed by atoms with Crippen molar-refractivity contribution in [2.75, 3.05) is 6.54 Å². The van der Waals surface area contributed by atoms with E-state index in [2.05, 4.69) is 25.1 Å². The molecule has 0 fully saturated rings. The van der Waals surface area contributed by atoms with Gasteiger partial charge in [0.1, 0.15) is 4.83 Å². The van der Waals surface area contributed by atoms with E-state index >= 15 is 0 Å². The third-order valence-corrected chi connectivity index (χ3v) is 8.57. The Morgan fingerprint density at radius 3 is 2.84 bits per heavy atom. The molecule has 0 saturated carbocycles. The van der Waals surface area contributed by atoms with E-state index in [0.717, 1.165) is 48.9 Å². The van der Waals surface area contributed by atoms with Crippen molar-refractivity contribution in [1.29, 1.82) is 0 Å². The summed E-state index contributed by atoms with van der Waals surface area (Å²) in [6.07, 6.45) is 4.92. The van der Waals surface area contributed by atoms with Crippen LogP contribution in [0.2, 0.25) is 0 Å². The maximum absolute atomic E-state index is 13.4. The highest BCUT2D eigenvalue weighted by Crippen LogP contribution is 2.36. The molecular formula is C24H27N3O2S2. The van der Waals surface area contributed by atoms with Crippen molar-refractivity contribution in [2.24, 2.45) is 0 Å².